The van der Waals surface area contributed by atoms with Crippen LogP contribution >= 0.6 is 11.3 Å². The van der Waals surface area contributed by atoms with Crippen LogP contribution in [0.1, 0.15) is 38.7 Å². The summed E-state index contributed by atoms with van der Waals surface area (Å²) < 4.78 is 0. The van der Waals surface area contributed by atoms with E-state index >= 15 is 0 Å². The summed E-state index contributed by atoms with van der Waals surface area (Å²) in [7, 11) is 0. The maximum atomic E-state index is 12.0. The number of thiophene rings is 1. The van der Waals surface area contributed by atoms with Gasteiger partial charge in [0.2, 0.25) is 0 Å². The molecule has 5 nitrogen and oxygen atoms in total. The summed E-state index contributed by atoms with van der Waals surface area (Å²) in [5.41, 5.74) is 0.345. The quantitative estimate of drug-likeness (QED) is 0.782. The Kier molecular flexibility index (Phi) is 4.88. The van der Waals surface area contributed by atoms with E-state index in [9.17, 15) is 14.7 Å². The molecule has 1 aromatic heterocycles. The second kappa shape index (κ2) is 6.47. The lowest BCUT2D eigenvalue weighted by Crippen LogP contribution is -2.52. The van der Waals surface area contributed by atoms with Gasteiger partial charge in [0.15, 0.2) is 0 Å². The Morgan fingerprint density at radius 2 is 2.33 bits per heavy atom. The van der Waals surface area contributed by atoms with Crippen molar-refractivity contribution in [1.29, 1.82) is 0 Å². The molecule has 1 aliphatic rings. The van der Waals surface area contributed by atoms with E-state index in [-0.39, 0.29) is 18.1 Å². The van der Waals surface area contributed by atoms with Gasteiger partial charge in [0.25, 0.3) is 0 Å². The third kappa shape index (κ3) is 3.75. The average molecular weight is 310 g/mol. The highest BCUT2D eigenvalue weighted by Gasteiger charge is 2.45. The summed E-state index contributed by atoms with van der Waals surface area (Å²) in [6.07, 6.45) is 2.93. The second-order valence-electron chi connectivity index (χ2n) is 6.02. The number of carbonyl (C=O) groups excluding carboxylic acids is 1. The lowest BCUT2D eigenvalue weighted by molar-refractivity contribution is -0.148. The number of carboxylic acids is 1. The van der Waals surface area contributed by atoms with Gasteiger partial charge in [-0.05, 0) is 55.5 Å². The van der Waals surface area contributed by atoms with Crippen molar-refractivity contribution in [1.82, 2.24) is 10.6 Å². The molecule has 1 fully saturated rings. The summed E-state index contributed by atoms with van der Waals surface area (Å²) in [6.45, 7) is 3.66. The predicted octanol–water partition coefficient (Wildman–Crippen LogP) is 2.62. The summed E-state index contributed by atoms with van der Waals surface area (Å²) in [5.74, 6) is -0.836. The smallest absolute Gasteiger partial charge is 0.315 e. The number of nitrogens with one attached hydrogen (secondary N) is 2. The molecule has 1 aromatic rings. The minimum Gasteiger partial charge on any atom is -0.481 e. The first-order chi connectivity index (χ1) is 9.91. The number of carbonyl (C=O) groups is 2. The van der Waals surface area contributed by atoms with E-state index in [0.717, 1.165) is 19.3 Å². The summed E-state index contributed by atoms with van der Waals surface area (Å²) >= 11 is 1.64. The first-order valence-electron chi connectivity index (χ1n) is 7.23. The first-order valence-corrected chi connectivity index (χ1v) is 8.17. The zero-order chi connectivity index (χ0) is 15.5. The van der Waals surface area contributed by atoms with Gasteiger partial charge in [-0.25, -0.2) is 4.79 Å². The van der Waals surface area contributed by atoms with E-state index in [4.69, 9.17) is 0 Å². The topological polar surface area (TPSA) is 78.4 Å². The zero-order valence-corrected chi connectivity index (χ0v) is 13.2. The fourth-order valence-electron chi connectivity index (χ4n) is 2.89. The molecule has 3 atom stereocenters. The van der Waals surface area contributed by atoms with E-state index in [2.05, 4.69) is 16.0 Å². The number of hydrogen-bond acceptors (Lipinski definition) is 3. The molecule has 6 heteroatoms. The zero-order valence-electron chi connectivity index (χ0n) is 12.4. The van der Waals surface area contributed by atoms with Gasteiger partial charge in [-0.2, -0.15) is 11.3 Å². The van der Waals surface area contributed by atoms with Crippen molar-refractivity contribution in [3.8, 4) is 0 Å². The SMILES string of the molecule is CC(Cc1ccsc1)NC(=O)NC1CCCC1(C)C(=O)O. The number of hydrogen-bond donors (Lipinski definition) is 3. The van der Waals surface area contributed by atoms with Crippen LogP contribution in [0.5, 0.6) is 0 Å². The van der Waals surface area contributed by atoms with Crippen LogP contribution in [0.25, 0.3) is 0 Å². The summed E-state index contributed by atoms with van der Waals surface area (Å²) in [4.78, 5) is 23.4. The van der Waals surface area contributed by atoms with Gasteiger partial charge in [-0.3, -0.25) is 4.79 Å². The summed E-state index contributed by atoms with van der Waals surface area (Å²) in [6, 6.07) is 1.47. The van der Waals surface area contributed by atoms with Crippen LogP contribution < -0.4 is 10.6 Å². The van der Waals surface area contributed by atoms with Gasteiger partial charge < -0.3 is 15.7 Å². The Balaban J connectivity index is 1.85. The Bertz CT molecular complexity index is 503. The average Bonchev–Trinajstić information content (AvgIpc) is 3.01. The molecule has 116 valence electrons. The molecule has 2 rings (SSSR count). The van der Waals surface area contributed by atoms with Crippen LogP contribution in [-0.4, -0.2) is 29.2 Å². The standard InChI is InChI=1S/C15H22N2O3S/c1-10(8-11-5-7-21-9-11)16-14(20)17-12-4-3-6-15(12,2)13(18)19/h5,7,9-10,12H,3-4,6,8H2,1-2H3,(H,18,19)(H2,16,17,20). The third-order valence-electron chi connectivity index (χ3n) is 4.25. The van der Waals surface area contributed by atoms with Crippen molar-refractivity contribution in [2.45, 2.75) is 51.6 Å². The Labute approximate surface area is 128 Å². The molecule has 0 radical (unpaired) electrons. The second-order valence-corrected chi connectivity index (χ2v) is 6.80. The molecule has 2 amide bonds. The van der Waals surface area contributed by atoms with Crippen LogP contribution in [0, 0.1) is 5.41 Å². The largest absolute Gasteiger partial charge is 0.481 e. The Morgan fingerprint density at radius 3 is 2.95 bits per heavy atom. The van der Waals surface area contributed by atoms with Crippen molar-refractivity contribution < 1.29 is 14.7 Å². The minimum absolute atomic E-state index is 0.0112. The maximum absolute atomic E-state index is 12.0. The highest BCUT2D eigenvalue weighted by Crippen LogP contribution is 2.38. The normalized spacial score (nSPS) is 26.3. The molecule has 0 bridgehead atoms. The van der Waals surface area contributed by atoms with Crippen LogP contribution in [0.2, 0.25) is 0 Å². The van der Waals surface area contributed by atoms with Crippen LogP contribution in [0.15, 0.2) is 16.8 Å². The monoisotopic (exact) mass is 310 g/mol. The van der Waals surface area contributed by atoms with Crippen molar-refractivity contribution >= 4 is 23.3 Å². The van der Waals surface area contributed by atoms with E-state index in [1.54, 1.807) is 18.3 Å². The minimum atomic E-state index is -0.853. The molecule has 0 spiro atoms. The first kappa shape index (κ1) is 15.8. The predicted molar refractivity (Wildman–Crippen MR) is 82.5 cm³/mol. The summed E-state index contributed by atoms with van der Waals surface area (Å²) in [5, 5.41) is 19.1. The molecular weight excluding hydrogens is 288 g/mol. The molecule has 0 aromatic carbocycles. The number of amides is 2. The molecule has 3 unspecified atom stereocenters. The van der Waals surface area contributed by atoms with Gasteiger partial charge in [-0.15, -0.1) is 0 Å². The lowest BCUT2D eigenvalue weighted by atomic mass is 9.85. The van der Waals surface area contributed by atoms with Crippen molar-refractivity contribution in [3.05, 3.63) is 22.4 Å². The van der Waals surface area contributed by atoms with Gasteiger partial charge in [0, 0.05) is 12.1 Å². The highest BCUT2D eigenvalue weighted by atomic mass is 32.1. The molecule has 1 saturated carbocycles. The molecule has 0 saturated heterocycles. The fraction of sp³-hybridized carbons (Fsp3) is 0.600. The number of rotatable bonds is 5. The van der Waals surface area contributed by atoms with Gasteiger partial charge in [0.05, 0.1) is 5.41 Å². The van der Waals surface area contributed by atoms with Crippen molar-refractivity contribution in [2.75, 3.05) is 0 Å². The Morgan fingerprint density at radius 1 is 1.57 bits per heavy atom. The van der Waals surface area contributed by atoms with Gasteiger partial charge >= 0.3 is 12.0 Å². The molecular formula is C15H22N2O3S. The number of aliphatic carboxylic acids is 1. The maximum Gasteiger partial charge on any atom is 0.315 e. The van der Waals surface area contributed by atoms with E-state index in [0.29, 0.717) is 6.42 Å². The van der Waals surface area contributed by atoms with Gasteiger partial charge in [0.1, 0.15) is 0 Å². The number of carboxylic acid groups (broad SMARTS) is 1. The molecule has 21 heavy (non-hydrogen) atoms. The van der Waals surface area contributed by atoms with E-state index in [1.165, 1.54) is 5.56 Å². The van der Waals surface area contributed by atoms with E-state index in [1.807, 2.05) is 18.4 Å². The molecule has 1 aliphatic carbocycles. The highest BCUT2D eigenvalue weighted by molar-refractivity contribution is 7.07. The van der Waals surface area contributed by atoms with E-state index < -0.39 is 11.4 Å². The Hall–Kier alpha value is -1.56. The van der Waals surface area contributed by atoms with Crippen LogP contribution in [0.4, 0.5) is 4.79 Å². The molecule has 3 N–H and O–H groups in total. The molecule has 1 heterocycles. The van der Waals surface area contributed by atoms with Crippen molar-refractivity contribution in [2.24, 2.45) is 5.41 Å². The van der Waals surface area contributed by atoms with Crippen LogP contribution in [0.3, 0.4) is 0 Å². The van der Waals surface area contributed by atoms with Crippen molar-refractivity contribution in [3.63, 3.8) is 0 Å². The lowest BCUT2D eigenvalue weighted by Gasteiger charge is -2.28. The molecule has 0 aliphatic heterocycles. The fourth-order valence-corrected chi connectivity index (χ4v) is 3.57. The van der Waals surface area contributed by atoms with Gasteiger partial charge in [-0.1, -0.05) is 6.42 Å². The van der Waals surface area contributed by atoms with Crippen LogP contribution in [-0.2, 0) is 11.2 Å². The number of urea groups is 1. The third-order valence-corrected chi connectivity index (χ3v) is 4.98.